The van der Waals surface area contributed by atoms with Gasteiger partial charge in [0.1, 0.15) is 5.03 Å². The Morgan fingerprint density at radius 2 is 1.77 bits per heavy atom. The van der Waals surface area contributed by atoms with Crippen molar-refractivity contribution in [3.8, 4) is 0 Å². The normalized spacial score (nSPS) is 12.2. The van der Waals surface area contributed by atoms with E-state index in [2.05, 4.69) is 20.3 Å². The average molecular weight is 467 g/mol. The minimum Gasteiger partial charge on any atom is -0.309 e. The van der Waals surface area contributed by atoms with Crippen LogP contribution in [0.25, 0.3) is 10.9 Å². The first-order chi connectivity index (χ1) is 13.9. The summed E-state index contributed by atoms with van der Waals surface area (Å²) in [5, 5.41) is 2.02. The number of rotatable bonds is 4. The summed E-state index contributed by atoms with van der Waals surface area (Å²) in [6.07, 6.45) is -8.93. The lowest BCUT2D eigenvalue weighted by atomic mass is 10.2. The molecule has 3 rings (SSSR count). The number of hydrogen-bond donors (Lipinski definition) is 1. The molecule has 0 aliphatic heterocycles. The van der Waals surface area contributed by atoms with Gasteiger partial charge in [-0.25, -0.2) is 15.0 Å². The zero-order valence-electron chi connectivity index (χ0n) is 14.5. The fourth-order valence-electron chi connectivity index (χ4n) is 2.27. The summed E-state index contributed by atoms with van der Waals surface area (Å²) in [6.45, 7) is 0. The van der Waals surface area contributed by atoms with Crippen LogP contribution in [0.1, 0.15) is 11.4 Å². The van der Waals surface area contributed by atoms with Gasteiger partial charge in [-0.1, -0.05) is 41.6 Å². The molecule has 13 heteroatoms. The first kappa shape index (κ1) is 22.1. The monoisotopic (exact) mass is 466 g/mol. The van der Waals surface area contributed by atoms with Gasteiger partial charge in [0.2, 0.25) is 11.7 Å². The van der Waals surface area contributed by atoms with Crippen LogP contribution in [-0.2, 0) is 17.1 Å². The lowest BCUT2D eigenvalue weighted by Gasteiger charge is -2.11. The lowest BCUT2D eigenvalue weighted by molar-refractivity contribution is -0.145. The molecule has 2 aromatic heterocycles. The highest BCUT2D eigenvalue weighted by atomic mass is 35.5. The van der Waals surface area contributed by atoms with Crippen molar-refractivity contribution < 1.29 is 31.1 Å². The number of amides is 1. The quantitative estimate of drug-likeness (QED) is 0.315. The van der Waals surface area contributed by atoms with Gasteiger partial charge in [-0.15, -0.1) is 0 Å². The molecule has 2 heterocycles. The van der Waals surface area contributed by atoms with Gasteiger partial charge in [0, 0.05) is 11.6 Å². The Kier molecular flexibility index (Phi) is 6.09. The Morgan fingerprint density at radius 3 is 2.40 bits per heavy atom. The van der Waals surface area contributed by atoms with Crippen LogP contribution in [0.3, 0.4) is 0 Å². The Balaban J connectivity index is 1.77. The van der Waals surface area contributed by atoms with E-state index in [-0.39, 0.29) is 16.4 Å². The van der Waals surface area contributed by atoms with Crippen LogP contribution in [0.4, 0.5) is 32.2 Å². The maximum atomic E-state index is 13.0. The number of hydrogen-bond acceptors (Lipinski definition) is 5. The fourth-order valence-corrected chi connectivity index (χ4v) is 3.30. The van der Waals surface area contributed by atoms with E-state index in [0.29, 0.717) is 29.4 Å². The van der Waals surface area contributed by atoms with Gasteiger partial charge in [-0.2, -0.15) is 26.3 Å². The molecule has 0 spiro atoms. The minimum atomic E-state index is -4.78. The van der Waals surface area contributed by atoms with E-state index in [4.69, 9.17) is 11.6 Å². The second-order valence-electron chi connectivity index (χ2n) is 5.76. The zero-order chi connectivity index (χ0) is 22.1. The number of carbonyl (C=O) groups excluding carboxylic acids is 1. The number of halogens is 7. The van der Waals surface area contributed by atoms with Gasteiger partial charge in [-0.3, -0.25) is 4.79 Å². The van der Waals surface area contributed by atoms with E-state index in [0.717, 1.165) is 0 Å². The molecule has 0 atom stereocenters. The highest BCUT2D eigenvalue weighted by Gasteiger charge is 2.35. The number of thioether (sulfide) groups is 1. The first-order valence-electron chi connectivity index (χ1n) is 7.94. The highest BCUT2D eigenvalue weighted by Crippen LogP contribution is 2.33. The summed E-state index contributed by atoms with van der Waals surface area (Å²) in [5.74, 6) is -2.79. The molecule has 0 radical (unpaired) electrons. The number of nitrogens with one attached hydrogen (secondary N) is 1. The Labute approximate surface area is 173 Å². The Hall–Kier alpha value is -2.60. The number of carbonyl (C=O) groups is 1. The predicted molar refractivity (Wildman–Crippen MR) is 98.1 cm³/mol. The highest BCUT2D eigenvalue weighted by molar-refractivity contribution is 8.00. The van der Waals surface area contributed by atoms with E-state index < -0.39 is 40.4 Å². The van der Waals surface area contributed by atoms with Gasteiger partial charge in [-0.05, 0) is 12.1 Å². The van der Waals surface area contributed by atoms with E-state index >= 15 is 0 Å². The van der Waals surface area contributed by atoms with Crippen molar-refractivity contribution in [2.45, 2.75) is 17.4 Å². The molecule has 0 bridgehead atoms. The molecule has 0 aliphatic rings. The summed E-state index contributed by atoms with van der Waals surface area (Å²) in [7, 11) is 0. The van der Waals surface area contributed by atoms with Crippen molar-refractivity contribution in [2.75, 3.05) is 11.1 Å². The number of para-hydroxylation sites is 1. The van der Waals surface area contributed by atoms with Crippen molar-refractivity contribution in [3.63, 3.8) is 0 Å². The largest absolute Gasteiger partial charge is 0.451 e. The van der Waals surface area contributed by atoms with E-state index in [1.807, 2.05) is 0 Å². The predicted octanol–water partition coefficient (Wildman–Crippen LogP) is 5.45. The van der Waals surface area contributed by atoms with Crippen LogP contribution in [0.15, 0.2) is 41.6 Å². The van der Waals surface area contributed by atoms with Gasteiger partial charge >= 0.3 is 12.4 Å². The Bertz CT molecular complexity index is 1110. The van der Waals surface area contributed by atoms with Crippen LogP contribution < -0.4 is 5.32 Å². The number of anilines is 1. The number of nitrogens with zero attached hydrogens (tertiary/aromatic N) is 3. The molecule has 5 nitrogen and oxygen atoms in total. The standard InChI is InChI=1S/C17H9ClF6N4OS/c18-10-5-8(16(19,20)21)6-25-13(10)27-12(29)7-30-14-9-3-1-2-4-11(9)26-15(28-14)17(22,23)24/h1-6H,7H2,(H,25,27,29). The molecule has 1 aromatic carbocycles. The maximum Gasteiger partial charge on any atom is 0.451 e. The number of pyridine rings is 1. The molecule has 1 amide bonds. The number of fused-ring (bicyclic) bond motifs is 1. The van der Waals surface area contributed by atoms with Crippen molar-refractivity contribution >= 4 is 46.0 Å². The number of aromatic nitrogens is 3. The van der Waals surface area contributed by atoms with Crippen LogP contribution >= 0.6 is 23.4 Å². The van der Waals surface area contributed by atoms with Crippen molar-refractivity contribution in [1.29, 1.82) is 0 Å². The summed E-state index contributed by atoms with van der Waals surface area (Å²) >= 11 is 6.42. The minimum absolute atomic E-state index is 0.0511. The molecule has 0 aliphatic carbocycles. The zero-order valence-corrected chi connectivity index (χ0v) is 16.0. The van der Waals surface area contributed by atoms with E-state index in [1.165, 1.54) is 18.2 Å². The van der Waals surface area contributed by atoms with Crippen LogP contribution in [-0.4, -0.2) is 26.6 Å². The van der Waals surface area contributed by atoms with Gasteiger partial charge in [0.25, 0.3) is 0 Å². The van der Waals surface area contributed by atoms with E-state index in [9.17, 15) is 31.1 Å². The van der Waals surface area contributed by atoms with E-state index in [1.54, 1.807) is 6.07 Å². The molecule has 0 fully saturated rings. The SMILES string of the molecule is O=C(CSc1nc(C(F)(F)F)nc2ccccc12)Nc1ncc(C(F)(F)F)cc1Cl. The average Bonchev–Trinajstić information content (AvgIpc) is 2.66. The third-order valence-electron chi connectivity index (χ3n) is 3.59. The van der Waals surface area contributed by atoms with Crippen LogP contribution in [0.2, 0.25) is 5.02 Å². The fraction of sp³-hybridized carbons (Fsp3) is 0.176. The molecule has 3 aromatic rings. The summed E-state index contributed by atoms with van der Waals surface area (Å²) in [4.78, 5) is 22.5. The smallest absolute Gasteiger partial charge is 0.309 e. The third-order valence-corrected chi connectivity index (χ3v) is 4.87. The molecule has 0 saturated carbocycles. The van der Waals surface area contributed by atoms with Crippen molar-refractivity contribution in [1.82, 2.24) is 15.0 Å². The second kappa shape index (κ2) is 8.26. The van der Waals surface area contributed by atoms with Crippen molar-refractivity contribution in [2.24, 2.45) is 0 Å². The van der Waals surface area contributed by atoms with Crippen molar-refractivity contribution in [3.05, 3.63) is 52.9 Å². The topological polar surface area (TPSA) is 67.8 Å². The van der Waals surface area contributed by atoms with Gasteiger partial charge in [0.05, 0.1) is 21.9 Å². The van der Waals surface area contributed by atoms with Crippen LogP contribution in [0.5, 0.6) is 0 Å². The third kappa shape index (κ3) is 5.11. The summed E-state index contributed by atoms with van der Waals surface area (Å²) < 4.78 is 77.0. The molecule has 30 heavy (non-hydrogen) atoms. The summed E-state index contributed by atoms with van der Waals surface area (Å²) in [5.41, 5.74) is -1.04. The number of alkyl halides is 6. The molecule has 158 valence electrons. The second-order valence-corrected chi connectivity index (χ2v) is 7.13. The molecular formula is C17H9ClF6N4OS. The molecule has 0 unspecified atom stereocenters. The number of benzene rings is 1. The van der Waals surface area contributed by atoms with Gasteiger partial charge < -0.3 is 5.32 Å². The van der Waals surface area contributed by atoms with Crippen LogP contribution in [0, 0.1) is 0 Å². The molecular weight excluding hydrogens is 458 g/mol. The molecule has 0 saturated heterocycles. The maximum absolute atomic E-state index is 13.0. The summed E-state index contributed by atoms with van der Waals surface area (Å²) in [6, 6.07) is 6.57. The molecule has 1 N–H and O–H groups in total. The van der Waals surface area contributed by atoms with Gasteiger partial charge in [0.15, 0.2) is 5.82 Å². The lowest BCUT2D eigenvalue weighted by Crippen LogP contribution is -2.17. The first-order valence-corrected chi connectivity index (χ1v) is 9.31. The Morgan fingerprint density at radius 1 is 1.07 bits per heavy atom.